The van der Waals surface area contributed by atoms with Crippen molar-refractivity contribution in [3.8, 4) is 0 Å². The maximum atomic E-state index is 12.2. The van der Waals surface area contributed by atoms with E-state index in [0.717, 1.165) is 0 Å². The van der Waals surface area contributed by atoms with Crippen molar-refractivity contribution in [1.82, 2.24) is 5.32 Å². The van der Waals surface area contributed by atoms with Crippen molar-refractivity contribution in [3.63, 3.8) is 0 Å². The lowest BCUT2D eigenvalue weighted by Gasteiger charge is -2.37. The van der Waals surface area contributed by atoms with Gasteiger partial charge in [0, 0.05) is 11.0 Å². The van der Waals surface area contributed by atoms with Gasteiger partial charge in [0.05, 0.1) is 7.11 Å². The Labute approximate surface area is 121 Å². The molecule has 1 amide bonds. The van der Waals surface area contributed by atoms with E-state index in [-0.39, 0.29) is 5.91 Å². The van der Waals surface area contributed by atoms with Gasteiger partial charge in [-0.3, -0.25) is 4.79 Å². The van der Waals surface area contributed by atoms with Crippen LogP contribution >= 0.6 is 15.9 Å². The third-order valence-corrected chi connectivity index (χ3v) is 4.53. The zero-order valence-electron chi connectivity index (χ0n) is 11.5. The molecule has 0 heterocycles. The normalized spacial score (nSPS) is 14.4. The maximum absolute atomic E-state index is 12.2. The molecule has 1 aromatic carbocycles. The lowest BCUT2D eigenvalue weighted by molar-refractivity contribution is -0.147. The van der Waals surface area contributed by atoms with E-state index in [9.17, 15) is 9.59 Å². The fraction of sp³-hybridized carbons (Fsp3) is 0.429. The van der Waals surface area contributed by atoms with Crippen LogP contribution in [0.3, 0.4) is 0 Å². The fourth-order valence-electron chi connectivity index (χ4n) is 1.50. The molecule has 0 aromatic heterocycles. The fourth-order valence-corrected chi connectivity index (χ4v) is 1.85. The Kier molecular flexibility index (Phi) is 4.74. The van der Waals surface area contributed by atoms with Gasteiger partial charge in [-0.1, -0.05) is 39.0 Å². The summed E-state index contributed by atoms with van der Waals surface area (Å²) in [5.74, 6) is -0.873. The molecule has 0 aliphatic carbocycles. The number of benzene rings is 1. The first-order chi connectivity index (χ1) is 8.72. The number of ether oxygens (including phenoxy) is 1. The highest BCUT2D eigenvalue weighted by Crippen LogP contribution is 2.37. The number of methoxy groups -OCH3 is 1. The number of carbonyl (C=O) groups excluding carboxylic acids is 2. The summed E-state index contributed by atoms with van der Waals surface area (Å²) in [6.07, 6.45) is 0. The van der Waals surface area contributed by atoms with E-state index < -0.39 is 15.8 Å². The van der Waals surface area contributed by atoms with Crippen LogP contribution in [0, 0.1) is 5.41 Å². The summed E-state index contributed by atoms with van der Waals surface area (Å²) in [4.78, 5) is 24.1. The standard InChI is InChI=1S/C14H18BrNO3/c1-13(2,3)14(15,12(18)19-4)16-11(17)10-8-6-5-7-9-10/h5-9H,1-4H3,(H,16,17). The molecule has 1 N–H and O–H groups in total. The van der Waals surface area contributed by atoms with Crippen molar-refractivity contribution in [2.75, 3.05) is 7.11 Å². The molecule has 4 nitrogen and oxygen atoms in total. The molecule has 1 rings (SSSR count). The molecule has 0 radical (unpaired) electrons. The number of amides is 1. The first-order valence-electron chi connectivity index (χ1n) is 5.87. The largest absolute Gasteiger partial charge is 0.467 e. The molecule has 0 bridgehead atoms. The van der Waals surface area contributed by atoms with Crippen LogP contribution < -0.4 is 5.32 Å². The number of esters is 1. The van der Waals surface area contributed by atoms with Crippen LogP contribution in [0.25, 0.3) is 0 Å². The van der Waals surface area contributed by atoms with Gasteiger partial charge in [-0.15, -0.1) is 0 Å². The predicted octanol–water partition coefficient (Wildman–Crippen LogP) is 2.73. The van der Waals surface area contributed by atoms with Crippen molar-refractivity contribution in [3.05, 3.63) is 35.9 Å². The molecular formula is C14H18BrNO3. The molecular weight excluding hydrogens is 310 g/mol. The van der Waals surface area contributed by atoms with Gasteiger partial charge in [-0.05, 0) is 28.1 Å². The highest BCUT2D eigenvalue weighted by molar-refractivity contribution is 9.10. The highest BCUT2D eigenvalue weighted by atomic mass is 79.9. The topological polar surface area (TPSA) is 55.4 Å². The predicted molar refractivity (Wildman–Crippen MR) is 77.0 cm³/mol. The number of carbonyl (C=O) groups is 2. The Morgan fingerprint density at radius 3 is 2.11 bits per heavy atom. The maximum Gasteiger partial charge on any atom is 0.343 e. The minimum atomic E-state index is -1.28. The zero-order chi connectivity index (χ0) is 14.7. The monoisotopic (exact) mass is 327 g/mol. The Morgan fingerprint density at radius 1 is 1.16 bits per heavy atom. The highest BCUT2D eigenvalue weighted by Gasteiger charge is 2.49. The van der Waals surface area contributed by atoms with Gasteiger partial charge in [0.2, 0.25) is 0 Å². The average molecular weight is 328 g/mol. The molecule has 5 heteroatoms. The summed E-state index contributed by atoms with van der Waals surface area (Å²) in [6, 6.07) is 8.72. The number of hydrogen-bond acceptors (Lipinski definition) is 3. The SMILES string of the molecule is COC(=O)C(Br)(NC(=O)c1ccccc1)C(C)(C)C. The molecule has 104 valence electrons. The van der Waals surface area contributed by atoms with Crippen LogP contribution in [-0.4, -0.2) is 23.4 Å². The first-order valence-corrected chi connectivity index (χ1v) is 6.66. The van der Waals surface area contributed by atoms with E-state index in [1.165, 1.54) is 7.11 Å². The minimum Gasteiger partial charge on any atom is -0.467 e. The quantitative estimate of drug-likeness (QED) is 0.527. The van der Waals surface area contributed by atoms with Gasteiger partial charge in [0.1, 0.15) is 0 Å². The molecule has 0 saturated carbocycles. The van der Waals surface area contributed by atoms with E-state index in [0.29, 0.717) is 5.56 Å². The zero-order valence-corrected chi connectivity index (χ0v) is 13.1. The van der Waals surface area contributed by atoms with E-state index >= 15 is 0 Å². The number of hydrogen-bond donors (Lipinski definition) is 1. The van der Waals surface area contributed by atoms with Gasteiger partial charge < -0.3 is 10.1 Å². The van der Waals surface area contributed by atoms with Crippen LogP contribution in [0.5, 0.6) is 0 Å². The summed E-state index contributed by atoms with van der Waals surface area (Å²) in [6.45, 7) is 5.51. The molecule has 0 spiro atoms. The molecule has 0 saturated heterocycles. The van der Waals surface area contributed by atoms with Crippen molar-refractivity contribution in [2.24, 2.45) is 5.41 Å². The van der Waals surface area contributed by atoms with Gasteiger partial charge in [-0.2, -0.15) is 0 Å². The van der Waals surface area contributed by atoms with Crippen LogP contribution in [0.15, 0.2) is 30.3 Å². The van der Waals surface area contributed by atoms with E-state index in [2.05, 4.69) is 21.2 Å². The van der Waals surface area contributed by atoms with Gasteiger partial charge in [0.15, 0.2) is 4.45 Å². The first kappa shape index (κ1) is 15.7. The third kappa shape index (κ3) is 3.35. The summed E-state index contributed by atoms with van der Waals surface area (Å²) in [5.41, 5.74) is -0.0654. The molecule has 1 aromatic rings. The van der Waals surface area contributed by atoms with Crippen molar-refractivity contribution < 1.29 is 14.3 Å². The second kappa shape index (κ2) is 5.74. The summed E-state index contributed by atoms with van der Waals surface area (Å²) in [7, 11) is 1.29. The summed E-state index contributed by atoms with van der Waals surface area (Å²) < 4.78 is 3.50. The number of alkyl halides is 1. The third-order valence-electron chi connectivity index (χ3n) is 2.82. The van der Waals surface area contributed by atoms with E-state index in [1.54, 1.807) is 24.3 Å². The molecule has 0 aliphatic rings. The summed E-state index contributed by atoms with van der Waals surface area (Å²) >= 11 is 3.32. The van der Waals surface area contributed by atoms with Crippen LogP contribution in [0.2, 0.25) is 0 Å². The minimum absolute atomic E-state index is 0.335. The molecule has 0 aliphatic heterocycles. The number of rotatable bonds is 3. The smallest absolute Gasteiger partial charge is 0.343 e. The molecule has 19 heavy (non-hydrogen) atoms. The van der Waals surface area contributed by atoms with Crippen molar-refractivity contribution in [1.29, 1.82) is 0 Å². The number of nitrogens with one attached hydrogen (secondary N) is 1. The average Bonchev–Trinajstić information content (AvgIpc) is 2.37. The van der Waals surface area contributed by atoms with Gasteiger partial charge >= 0.3 is 5.97 Å². The molecule has 0 fully saturated rings. The Bertz CT molecular complexity index is 467. The Hall–Kier alpha value is -1.36. The number of halogens is 1. The van der Waals surface area contributed by atoms with Crippen LogP contribution in [0.4, 0.5) is 0 Å². The second-order valence-corrected chi connectivity index (χ2v) is 6.41. The summed E-state index contributed by atoms with van der Waals surface area (Å²) in [5, 5.41) is 2.70. The van der Waals surface area contributed by atoms with Crippen LogP contribution in [-0.2, 0) is 9.53 Å². The Balaban J connectivity index is 3.04. The lowest BCUT2D eigenvalue weighted by atomic mass is 9.86. The van der Waals surface area contributed by atoms with Gasteiger partial charge in [0.25, 0.3) is 5.91 Å². The van der Waals surface area contributed by atoms with Crippen LogP contribution in [0.1, 0.15) is 31.1 Å². The van der Waals surface area contributed by atoms with Gasteiger partial charge in [-0.25, -0.2) is 4.79 Å². The molecule has 1 unspecified atom stereocenters. The lowest BCUT2D eigenvalue weighted by Crippen LogP contribution is -2.58. The van der Waals surface area contributed by atoms with Crippen molar-refractivity contribution in [2.45, 2.75) is 25.2 Å². The Morgan fingerprint density at radius 2 is 1.68 bits per heavy atom. The second-order valence-electron chi connectivity index (χ2n) is 5.22. The van der Waals surface area contributed by atoms with E-state index in [1.807, 2.05) is 26.8 Å². The molecule has 1 atom stereocenters. The van der Waals surface area contributed by atoms with E-state index in [4.69, 9.17) is 4.74 Å². The van der Waals surface area contributed by atoms with Crippen molar-refractivity contribution >= 4 is 27.8 Å².